The minimum atomic E-state index is -1.38. The standard InChI is InChI=1S/C57H83N3O15/c1-30(2)24-26-32-34(70-46(62)43(52(5,6)7)58-49(65)73-55(14,15)16)28-36-39(42(32)72-48(64)45(54(11,12)13)60-51(67)75-57(20,21)22)40(61)38-33(27-25-31(3)4)41(68-23)37(29-35(38)69-36)71-47(63)44(53(8,9)10)59-50(66)74-56(17,18)19/h24-25,28-29,43-45H,26-27H2,1-23H3,(H,58,65)(H,59,66)(H,60,67)/t43-,44-,45+/m1/s1. The molecule has 0 spiro atoms. The van der Waals surface area contributed by atoms with E-state index in [1.165, 1.54) is 19.2 Å². The summed E-state index contributed by atoms with van der Waals surface area (Å²) in [4.78, 5) is 98.8. The molecule has 3 atom stereocenters. The van der Waals surface area contributed by atoms with E-state index in [-0.39, 0.29) is 68.9 Å². The lowest BCUT2D eigenvalue weighted by Gasteiger charge is -2.31. The smallest absolute Gasteiger partial charge is 0.408 e. The molecule has 0 aliphatic rings. The van der Waals surface area contributed by atoms with Crippen LogP contribution in [0.15, 0.2) is 44.6 Å². The van der Waals surface area contributed by atoms with Crippen molar-refractivity contribution in [1.29, 1.82) is 0 Å². The minimum absolute atomic E-state index is 0.0150. The summed E-state index contributed by atoms with van der Waals surface area (Å²) in [5, 5.41) is 7.61. The van der Waals surface area contributed by atoms with Crippen LogP contribution in [0, 0.1) is 16.2 Å². The summed E-state index contributed by atoms with van der Waals surface area (Å²) in [6.45, 7) is 37.9. The van der Waals surface area contributed by atoms with Gasteiger partial charge in [-0.3, -0.25) is 4.79 Å². The van der Waals surface area contributed by atoms with Crippen LogP contribution in [0.5, 0.6) is 23.0 Å². The van der Waals surface area contributed by atoms with Crippen LogP contribution < -0.4 is 40.3 Å². The first-order valence-electron chi connectivity index (χ1n) is 25.0. The molecular formula is C57H83N3O15. The molecule has 3 amide bonds. The monoisotopic (exact) mass is 1050 g/mol. The lowest BCUT2D eigenvalue weighted by molar-refractivity contribution is -0.140. The highest BCUT2D eigenvalue weighted by molar-refractivity contribution is 6.00. The predicted octanol–water partition coefficient (Wildman–Crippen LogP) is 11.5. The Morgan fingerprint density at radius 1 is 0.493 bits per heavy atom. The number of hydrogen-bond acceptors (Lipinski definition) is 15. The molecule has 0 radical (unpaired) electrons. The second kappa shape index (κ2) is 23.5. The molecular weight excluding hydrogens is 967 g/mol. The van der Waals surface area contributed by atoms with Crippen molar-refractivity contribution >= 4 is 58.1 Å². The quantitative estimate of drug-likeness (QED) is 0.0448. The number of allylic oxidation sites excluding steroid dienone is 4. The molecule has 0 aliphatic carbocycles. The van der Waals surface area contributed by atoms with Gasteiger partial charge in [0.25, 0.3) is 0 Å². The number of rotatable bonds is 14. The van der Waals surface area contributed by atoms with E-state index >= 15 is 4.79 Å². The third-order valence-corrected chi connectivity index (χ3v) is 10.8. The van der Waals surface area contributed by atoms with Crippen molar-refractivity contribution in [1.82, 2.24) is 16.0 Å². The minimum Gasteiger partial charge on any atom is -0.493 e. The Kier molecular flexibility index (Phi) is 19.7. The van der Waals surface area contributed by atoms with Crippen molar-refractivity contribution in [2.24, 2.45) is 16.2 Å². The molecule has 1 heterocycles. The van der Waals surface area contributed by atoms with Gasteiger partial charge in [0.1, 0.15) is 57.2 Å². The average Bonchev–Trinajstić information content (AvgIpc) is 3.19. The van der Waals surface area contributed by atoms with E-state index in [4.69, 9.17) is 37.6 Å². The third-order valence-electron chi connectivity index (χ3n) is 10.8. The van der Waals surface area contributed by atoms with E-state index in [2.05, 4.69) is 16.0 Å². The van der Waals surface area contributed by atoms with Crippen LogP contribution >= 0.6 is 0 Å². The van der Waals surface area contributed by atoms with Gasteiger partial charge in [-0.15, -0.1) is 0 Å². The van der Waals surface area contributed by atoms with Crippen molar-refractivity contribution in [3.8, 4) is 23.0 Å². The summed E-state index contributed by atoms with van der Waals surface area (Å²) < 4.78 is 47.7. The molecule has 0 unspecified atom stereocenters. The van der Waals surface area contributed by atoms with Crippen LogP contribution in [-0.2, 0) is 41.4 Å². The summed E-state index contributed by atoms with van der Waals surface area (Å²) in [6, 6.07) is -1.36. The first-order chi connectivity index (χ1) is 33.9. The lowest BCUT2D eigenvalue weighted by atomic mass is 9.86. The zero-order valence-corrected chi connectivity index (χ0v) is 48.6. The third kappa shape index (κ3) is 18.0. The Bertz CT molecular complexity index is 2770. The maximum absolute atomic E-state index is 15.7. The molecule has 3 N–H and O–H groups in total. The molecule has 416 valence electrons. The van der Waals surface area contributed by atoms with Gasteiger partial charge in [-0.05, 0) is 119 Å². The number of fused-ring (bicyclic) bond motifs is 2. The fourth-order valence-corrected chi connectivity index (χ4v) is 7.35. The average molecular weight is 1050 g/mol. The number of methoxy groups -OCH3 is 1. The number of alkyl carbamates (subject to hydrolysis) is 3. The van der Waals surface area contributed by atoms with E-state index < -0.39 is 92.8 Å². The Hall–Kier alpha value is -6.59. The summed E-state index contributed by atoms with van der Waals surface area (Å²) in [5.74, 6) is -3.60. The fourth-order valence-electron chi connectivity index (χ4n) is 7.35. The summed E-state index contributed by atoms with van der Waals surface area (Å²) in [5.41, 5.74) is -4.72. The van der Waals surface area contributed by atoms with Gasteiger partial charge >= 0.3 is 36.2 Å². The number of ether oxygens (including phenoxy) is 7. The summed E-state index contributed by atoms with van der Waals surface area (Å²) in [7, 11) is 1.34. The van der Waals surface area contributed by atoms with Gasteiger partial charge in [0.15, 0.2) is 17.2 Å². The summed E-state index contributed by atoms with van der Waals surface area (Å²) in [6.07, 6.45) is 0.919. The fraction of sp³-hybridized carbons (Fsp3) is 0.596. The molecule has 0 saturated heterocycles. The van der Waals surface area contributed by atoms with Crippen molar-refractivity contribution in [3.63, 3.8) is 0 Å². The maximum Gasteiger partial charge on any atom is 0.408 e. The molecule has 0 saturated carbocycles. The molecule has 0 aliphatic heterocycles. The zero-order chi connectivity index (χ0) is 57.7. The van der Waals surface area contributed by atoms with Crippen molar-refractivity contribution in [2.45, 2.75) is 200 Å². The number of nitrogens with one attached hydrogen (secondary N) is 3. The molecule has 3 aromatic rings. The van der Waals surface area contributed by atoms with Crippen LogP contribution in [0.3, 0.4) is 0 Å². The van der Waals surface area contributed by atoms with Crippen LogP contribution in [0.25, 0.3) is 21.9 Å². The largest absolute Gasteiger partial charge is 0.493 e. The van der Waals surface area contributed by atoms with E-state index in [0.717, 1.165) is 11.1 Å². The first kappa shape index (κ1) is 62.7. The highest BCUT2D eigenvalue weighted by atomic mass is 16.6. The number of esters is 3. The van der Waals surface area contributed by atoms with Crippen LogP contribution in [0.1, 0.15) is 163 Å². The van der Waals surface area contributed by atoms with Gasteiger partial charge < -0.3 is 53.5 Å². The first-order valence-corrected chi connectivity index (χ1v) is 25.0. The SMILES string of the molecule is COc1c(OC(=O)[C@@H](NC(=O)OC(C)(C)C)C(C)(C)C)cc2oc3cc(OC(=O)[C@@H](NC(=O)OC(C)(C)C)C(C)(C)C)c(CC=C(C)C)c(OC(=O)[C@H](NC(=O)OC(C)(C)C)C(C)(C)C)c3c(=O)c2c1CC=C(C)C. The Morgan fingerprint density at radius 2 is 0.827 bits per heavy atom. The second-order valence-corrected chi connectivity index (χ2v) is 25.3. The molecule has 0 bridgehead atoms. The highest BCUT2D eigenvalue weighted by Crippen LogP contribution is 2.43. The van der Waals surface area contributed by atoms with Gasteiger partial charge in [0.2, 0.25) is 5.43 Å². The number of carbonyl (C=O) groups excluding carboxylic acids is 6. The normalized spacial score (nSPS) is 13.6. The van der Waals surface area contributed by atoms with E-state index in [0.29, 0.717) is 0 Å². The Labute approximate surface area is 442 Å². The van der Waals surface area contributed by atoms with Crippen LogP contribution in [0.2, 0.25) is 0 Å². The maximum atomic E-state index is 15.7. The van der Waals surface area contributed by atoms with Crippen molar-refractivity contribution in [3.05, 3.63) is 56.8 Å². The van der Waals surface area contributed by atoms with Crippen LogP contribution in [0.4, 0.5) is 14.4 Å². The number of benzene rings is 2. The number of amides is 3. The highest BCUT2D eigenvalue weighted by Gasteiger charge is 2.41. The second-order valence-electron chi connectivity index (χ2n) is 25.3. The molecule has 1 aromatic heterocycles. The Morgan fingerprint density at radius 3 is 1.17 bits per heavy atom. The predicted molar refractivity (Wildman–Crippen MR) is 288 cm³/mol. The van der Waals surface area contributed by atoms with Gasteiger partial charge in [-0.25, -0.2) is 28.8 Å². The Balaban J connectivity index is 2.64. The summed E-state index contributed by atoms with van der Waals surface area (Å²) >= 11 is 0. The van der Waals surface area contributed by atoms with Crippen molar-refractivity contribution in [2.75, 3.05) is 7.11 Å². The molecule has 2 aromatic carbocycles. The number of hydrogen-bond donors (Lipinski definition) is 3. The van der Waals surface area contributed by atoms with Gasteiger partial charge in [0.05, 0.1) is 12.5 Å². The van der Waals surface area contributed by atoms with Crippen LogP contribution in [-0.4, -0.2) is 78.2 Å². The molecule has 75 heavy (non-hydrogen) atoms. The molecule has 18 heteroatoms. The molecule has 18 nitrogen and oxygen atoms in total. The van der Waals surface area contributed by atoms with E-state index in [1.807, 2.05) is 33.8 Å². The van der Waals surface area contributed by atoms with Gasteiger partial charge in [0, 0.05) is 23.3 Å². The lowest BCUT2D eigenvalue weighted by Crippen LogP contribution is -2.52. The van der Waals surface area contributed by atoms with E-state index in [1.54, 1.807) is 131 Å². The number of carbonyl (C=O) groups is 6. The molecule has 0 fully saturated rings. The zero-order valence-electron chi connectivity index (χ0n) is 48.6. The topological polar surface area (TPSA) is 233 Å². The van der Waals surface area contributed by atoms with Crippen molar-refractivity contribution < 1.29 is 66.3 Å². The molecule has 3 rings (SSSR count). The van der Waals surface area contributed by atoms with E-state index in [9.17, 15) is 28.8 Å². The van der Waals surface area contributed by atoms with Gasteiger partial charge in [-0.2, -0.15) is 0 Å². The van der Waals surface area contributed by atoms with Gasteiger partial charge in [-0.1, -0.05) is 85.6 Å².